The Morgan fingerprint density at radius 1 is 1.35 bits per heavy atom. The molecule has 98 valence electrons. The predicted molar refractivity (Wildman–Crippen MR) is 62.3 cm³/mol. The molecular formula is C11H20N2O4. The molecule has 0 radical (unpaired) electrons. The maximum atomic E-state index is 11.7. The van der Waals surface area contributed by atoms with E-state index in [-0.39, 0.29) is 5.91 Å². The number of amides is 2. The van der Waals surface area contributed by atoms with Crippen molar-refractivity contribution in [3.05, 3.63) is 0 Å². The average molecular weight is 244 g/mol. The van der Waals surface area contributed by atoms with Gasteiger partial charge in [-0.25, -0.2) is 0 Å². The van der Waals surface area contributed by atoms with Crippen LogP contribution in [0.1, 0.15) is 27.7 Å². The summed E-state index contributed by atoms with van der Waals surface area (Å²) in [6.07, 6.45) is 0. The van der Waals surface area contributed by atoms with E-state index in [1.54, 1.807) is 7.05 Å². The van der Waals surface area contributed by atoms with Crippen LogP contribution in [0.25, 0.3) is 0 Å². The van der Waals surface area contributed by atoms with Gasteiger partial charge >= 0.3 is 5.97 Å². The summed E-state index contributed by atoms with van der Waals surface area (Å²) in [6, 6.07) is -0.730. The van der Waals surface area contributed by atoms with Gasteiger partial charge in [-0.05, 0) is 27.7 Å². The van der Waals surface area contributed by atoms with E-state index < -0.39 is 23.3 Å². The quantitative estimate of drug-likeness (QED) is 0.670. The van der Waals surface area contributed by atoms with Crippen LogP contribution in [0.2, 0.25) is 0 Å². The Morgan fingerprint density at radius 3 is 2.18 bits per heavy atom. The fourth-order valence-electron chi connectivity index (χ4n) is 1.02. The number of aliphatic carboxylic acids is 1. The van der Waals surface area contributed by atoms with E-state index in [9.17, 15) is 14.4 Å². The van der Waals surface area contributed by atoms with Crippen LogP contribution in [0.3, 0.4) is 0 Å². The van der Waals surface area contributed by atoms with Crippen molar-refractivity contribution in [1.29, 1.82) is 0 Å². The molecule has 1 atom stereocenters. The number of carbonyl (C=O) groups is 3. The van der Waals surface area contributed by atoms with Gasteiger partial charge in [-0.3, -0.25) is 14.4 Å². The topological polar surface area (TPSA) is 86.7 Å². The van der Waals surface area contributed by atoms with E-state index in [4.69, 9.17) is 5.11 Å². The van der Waals surface area contributed by atoms with Crippen LogP contribution in [0.5, 0.6) is 0 Å². The van der Waals surface area contributed by atoms with Crippen molar-refractivity contribution in [2.75, 3.05) is 13.6 Å². The molecule has 2 amide bonds. The summed E-state index contributed by atoms with van der Waals surface area (Å²) in [5.74, 6) is -2.14. The average Bonchev–Trinajstić information content (AvgIpc) is 2.26. The number of carboxylic acids is 1. The molecule has 6 nitrogen and oxygen atoms in total. The van der Waals surface area contributed by atoms with Gasteiger partial charge in [0.05, 0.1) is 0 Å². The minimum absolute atomic E-state index is 0.248. The highest BCUT2D eigenvalue weighted by atomic mass is 16.4. The molecule has 0 aromatic rings. The molecule has 2 N–H and O–H groups in total. The molecule has 0 saturated carbocycles. The first-order valence-corrected chi connectivity index (χ1v) is 5.43. The zero-order valence-corrected chi connectivity index (χ0v) is 10.9. The Balaban J connectivity index is 4.60. The second kappa shape index (κ2) is 5.65. The second-order valence-electron chi connectivity index (χ2n) is 4.48. The predicted octanol–water partition coefficient (Wildman–Crippen LogP) is 0.0802. The fourth-order valence-corrected chi connectivity index (χ4v) is 1.02. The van der Waals surface area contributed by atoms with Crippen LogP contribution in [-0.2, 0) is 14.4 Å². The van der Waals surface area contributed by atoms with Gasteiger partial charge in [-0.2, -0.15) is 0 Å². The number of carbonyl (C=O) groups excluding carboxylic acids is 2. The number of carboxylic acid groups (broad SMARTS) is 1. The highest BCUT2D eigenvalue weighted by molar-refractivity contribution is 6.02. The minimum Gasteiger partial charge on any atom is -0.480 e. The molecule has 0 saturated heterocycles. The van der Waals surface area contributed by atoms with E-state index in [2.05, 4.69) is 5.32 Å². The molecule has 0 aliphatic heterocycles. The molecule has 0 spiro atoms. The van der Waals surface area contributed by atoms with Crippen molar-refractivity contribution in [3.63, 3.8) is 0 Å². The lowest BCUT2D eigenvalue weighted by Gasteiger charge is -2.24. The van der Waals surface area contributed by atoms with Crippen LogP contribution in [0.15, 0.2) is 0 Å². The first-order valence-electron chi connectivity index (χ1n) is 5.43. The molecule has 0 aliphatic rings. The maximum absolute atomic E-state index is 11.7. The van der Waals surface area contributed by atoms with E-state index in [1.807, 2.05) is 6.92 Å². The van der Waals surface area contributed by atoms with Crippen molar-refractivity contribution >= 4 is 17.8 Å². The van der Waals surface area contributed by atoms with E-state index in [1.165, 1.54) is 25.7 Å². The highest BCUT2D eigenvalue weighted by Gasteiger charge is 2.37. The molecule has 6 heteroatoms. The summed E-state index contributed by atoms with van der Waals surface area (Å²) >= 11 is 0. The summed E-state index contributed by atoms with van der Waals surface area (Å²) < 4.78 is 0. The normalized spacial score (nSPS) is 12.8. The van der Waals surface area contributed by atoms with Crippen LogP contribution in [-0.4, -0.2) is 47.4 Å². The Bertz CT molecular complexity index is 325. The largest absolute Gasteiger partial charge is 0.480 e. The molecule has 0 fully saturated rings. The Kier molecular flexibility index (Phi) is 5.12. The van der Waals surface area contributed by atoms with E-state index >= 15 is 0 Å². The first-order chi connectivity index (χ1) is 7.64. The summed E-state index contributed by atoms with van der Waals surface area (Å²) in [6.45, 7) is 6.47. The van der Waals surface area contributed by atoms with Gasteiger partial charge in [0.2, 0.25) is 11.8 Å². The van der Waals surface area contributed by atoms with Crippen LogP contribution >= 0.6 is 0 Å². The molecule has 0 aliphatic carbocycles. The monoisotopic (exact) mass is 244 g/mol. The number of hydrogen-bond acceptors (Lipinski definition) is 3. The molecule has 0 aromatic heterocycles. The Hall–Kier alpha value is -1.59. The number of nitrogens with one attached hydrogen (secondary N) is 1. The lowest BCUT2D eigenvalue weighted by molar-refractivity contribution is -0.154. The molecule has 0 bridgehead atoms. The molecular weight excluding hydrogens is 224 g/mol. The van der Waals surface area contributed by atoms with Gasteiger partial charge in [-0.15, -0.1) is 0 Å². The zero-order valence-electron chi connectivity index (χ0n) is 10.9. The third-order valence-electron chi connectivity index (χ3n) is 2.67. The van der Waals surface area contributed by atoms with Crippen LogP contribution < -0.4 is 5.32 Å². The summed E-state index contributed by atoms with van der Waals surface area (Å²) in [4.78, 5) is 35.6. The molecule has 0 heterocycles. The van der Waals surface area contributed by atoms with Crippen molar-refractivity contribution in [3.8, 4) is 0 Å². The lowest BCUT2D eigenvalue weighted by atomic mass is 9.92. The summed E-state index contributed by atoms with van der Waals surface area (Å²) in [5, 5.41) is 11.3. The van der Waals surface area contributed by atoms with E-state index in [0.717, 1.165) is 0 Å². The lowest BCUT2D eigenvalue weighted by Crippen LogP contribution is -2.51. The third kappa shape index (κ3) is 3.72. The Labute approximate surface area is 101 Å². The molecule has 17 heavy (non-hydrogen) atoms. The van der Waals surface area contributed by atoms with Crippen LogP contribution in [0.4, 0.5) is 0 Å². The number of hydrogen-bond donors (Lipinski definition) is 2. The number of likely N-dealkylation sites (N-methyl/N-ethyl adjacent to an activating group) is 1. The zero-order chi connectivity index (χ0) is 13.8. The second-order valence-corrected chi connectivity index (χ2v) is 4.48. The van der Waals surface area contributed by atoms with Crippen molar-refractivity contribution < 1.29 is 19.5 Å². The smallest absolute Gasteiger partial charge is 0.318 e. The number of rotatable bonds is 5. The first kappa shape index (κ1) is 15.4. The Morgan fingerprint density at radius 2 is 1.82 bits per heavy atom. The van der Waals surface area contributed by atoms with Crippen LogP contribution in [0, 0.1) is 5.41 Å². The van der Waals surface area contributed by atoms with Gasteiger partial charge in [0.1, 0.15) is 11.5 Å². The third-order valence-corrected chi connectivity index (χ3v) is 2.67. The summed E-state index contributed by atoms with van der Waals surface area (Å²) in [5.41, 5.74) is -1.54. The van der Waals surface area contributed by atoms with Gasteiger partial charge < -0.3 is 15.3 Å². The summed E-state index contributed by atoms with van der Waals surface area (Å²) in [7, 11) is 1.62. The molecule has 0 rings (SSSR count). The molecule has 0 aromatic carbocycles. The standard InChI is InChI=1S/C11H20N2O4/c1-6-13(5)8(14)7(2)12-9(15)11(3,4)10(16)17/h7H,6H2,1-5H3,(H,12,15)(H,16,17). The SMILES string of the molecule is CCN(C)C(=O)C(C)NC(=O)C(C)(C)C(=O)O. The van der Waals surface area contributed by atoms with E-state index in [0.29, 0.717) is 6.54 Å². The number of nitrogens with zero attached hydrogens (tertiary/aromatic N) is 1. The maximum Gasteiger partial charge on any atom is 0.318 e. The highest BCUT2D eigenvalue weighted by Crippen LogP contribution is 2.15. The van der Waals surface area contributed by atoms with Crippen molar-refractivity contribution in [2.45, 2.75) is 33.7 Å². The van der Waals surface area contributed by atoms with Crippen molar-refractivity contribution in [1.82, 2.24) is 10.2 Å². The van der Waals surface area contributed by atoms with Gasteiger partial charge in [0.25, 0.3) is 0 Å². The van der Waals surface area contributed by atoms with Gasteiger partial charge in [0, 0.05) is 13.6 Å². The van der Waals surface area contributed by atoms with Crippen molar-refractivity contribution in [2.24, 2.45) is 5.41 Å². The van der Waals surface area contributed by atoms with Gasteiger partial charge in [-0.1, -0.05) is 0 Å². The fraction of sp³-hybridized carbons (Fsp3) is 0.727. The minimum atomic E-state index is -1.54. The van der Waals surface area contributed by atoms with Gasteiger partial charge in [0.15, 0.2) is 0 Å². The molecule has 1 unspecified atom stereocenters.